The van der Waals surface area contributed by atoms with Gasteiger partial charge in [0, 0.05) is 45.3 Å². The lowest BCUT2D eigenvalue weighted by atomic mass is 10.2. The number of ether oxygens (including phenoxy) is 1. The molecule has 0 N–H and O–H groups in total. The number of para-hydroxylation sites is 1. The molecule has 2 aromatic carbocycles. The maximum absolute atomic E-state index is 13.7. The standard InChI is InChI=1S/C27H36N4O4S2/c1-4-5-14-29(3)37(33,34)23-12-10-22(11-13-23)26(32)31(16-7-15-30-17-19-35-20-18-30)27-28-25-21(2)8-6-9-24(25)36-27/h6,8-13H,4-5,7,14-20H2,1-3H3. The highest BCUT2D eigenvalue weighted by atomic mass is 32.2. The molecule has 10 heteroatoms. The molecule has 1 aliphatic rings. The first kappa shape index (κ1) is 27.7. The number of amides is 1. The zero-order valence-electron chi connectivity index (χ0n) is 21.9. The van der Waals surface area contributed by atoms with E-state index in [1.165, 1.54) is 27.8 Å². The van der Waals surface area contributed by atoms with Crippen molar-refractivity contribution in [2.75, 3.05) is 57.9 Å². The number of carbonyl (C=O) groups is 1. The lowest BCUT2D eigenvalue weighted by molar-refractivity contribution is 0.0376. The number of thiazole rings is 1. The number of nitrogens with zero attached hydrogens (tertiary/aromatic N) is 4. The van der Waals surface area contributed by atoms with Gasteiger partial charge in [0.1, 0.15) is 0 Å². The fourth-order valence-corrected chi connectivity index (χ4v) is 6.63. The van der Waals surface area contributed by atoms with E-state index in [0.29, 0.717) is 23.8 Å². The minimum absolute atomic E-state index is 0.179. The first-order valence-corrected chi connectivity index (χ1v) is 15.1. The van der Waals surface area contributed by atoms with Gasteiger partial charge in [-0.15, -0.1) is 0 Å². The van der Waals surface area contributed by atoms with Crippen LogP contribution in [0, 0.1) is 6.92 Å². The van der Waals surface area contributed by atoms with Crippen LogP contribution in [0.2, 0.25) is 0 Å². The van der Waals surface area contributed by atoms with Crippen LogP contribution in [0.1, 0.15) is 42.1 Å². The van der Waals surface area contributed by atoms with Crippen molar-refractivity contribution in [1.82, 2.24) is 14.2 Å². The van der Waals surface area contributed by atoms with Gasteiger partial charge in [-0.1, -0.05) is 36.8 Å². The van der Waals surface area contributed by atoms with Gasteiger partial charge < -0.3 is 4.74 Å². The second-order valence-corrected chi connectivity index (χ2v) is 12.4. The molecule has 3 aromatic rings. The van der Waals surface area contributed by atoms with Crippen LogP contribution in [-0.4, -0.2) is 81.5 Å². The van der Waals surface area contributed by atoms with Crippen molar-refractivity contribution in [1.29, 1.82) is 0 Å². The molecule has 1 aromatic heterocycles. The Morgan fingerprint density at radius 3 is 2.49 bits per heavy atom. The van der Waals surface area contributed by atoms with E-state index in [9.17, 15) is 13.2 Å². The number of aryl methyl sites for hydroxylation is 1. The van der Waals surface area contributed by atoms with Gasteiger partial charge in [0.15, 0.2) is 5.13 Å². The Kier molecular flexibility index (Phi) is 9.31. The molecule has 37 heavy (non-hydrogen) atoms. The number of hydrogen-bond donors (Lipinski definition) is 0. The van der Waals surface area contributed by atoms with Crippen molar-refractivity contribution in [3.05, 3.63) is 53.6 Å². The van der Waals surface area contributed by atoms with Gasteiger partial charge in [-0.2, -0.15) is 0 Å². The number of hydrogen-bond acceptors (Lipinski definition) is 7. The van der Waals surface area contributed by atoms with E-state index >= 15 is 0 Å². The molecule has 4 rings (SSSR count). The van der Waals surface area contributed by atoms with Crippen molar-refractivity contribution in [3.63, 3.8) is 0 Å². The first-order valence-electron chi connectivity index (χ1n) is 12.9. The summed E-state index contributed by atoms with van der Waals surface area (Å²) in [6.07, 6.45) is 2.52. The van der Waals surface area contributed by atoms with Gasteiger partial charge in [0.05, 0.1) is 28.3 Å². The van der Waals surface area contributed by atoms with Crippen LogP contribution in [0.15, 0.2) is 47.4 Å². The third-order valence-corrected chi connectivity index (χ3v) is 9.60. The third-order valence-electron chi connectivity index (χ3n) is 6.68. The molecule has 8 nitrogen and oxygen atoms in total. The molecular formula is C27H36N4O4S2. The summed E-state index contributed by atoms with van der Waals surface area (Å²) >= 11 is 1.51. The number of sulfonamides is 1. The van der Waals surface area contributed by atoms with Crippen molar-refractivity contribution < 1.29 is 17.9 Å². The molecule has 0 bridgehead atoms. The molecule has 1 aliphatic heterocycles. The van der Waals surface area contributed by atoms with Crippen LogP contribution in [0.25, 0.3) is 10.2 Å². The average molecular weight is 545 g/mol. The lowest BCUT2D eigenvalue weighted by Gasteiger charge is -2.27. The normalized spacial score (nSPS) is 14.9. The van der Waals surface area contributed by atoms with Gasteiger partial charge in [-0.3, -0.25) is 14.6 Å². The summed E-state index contributed by atoms with van der Waals surface area (Å²) < 4.78 is 33.7. The predicted molar refractivity (Wildman–Crippen MR) is 149 cm³/mol. The SMILES string of the molecule is CCCCN(C)S(=O)(=O)c1ccc(C(=O)N(CCCN2CCOCC2)c2nc3c(C)cccc3s2)cc1. The number of anilines is 1. The summed E-state index contributed by atoms with van der Waals surface area (Å²) in [5.41, 5.74) is 2.42. The van der Waals surface area contributed by atoms with E-state index in [0.717, 1.165) is 67.9 Å². The van der Waals surface area contributed by atoms with Crippen LogP contribution in [0.3, 0.4) is 0 Å². The van der Waals surface area contributed by atoms with E-state index in [1.807, 2.05) is 32.0 Å². The highest BCUT2D eigenvalue weighted by Gasteiger charge is 2.24. The molecule has 1 fully saturated rings. The number of unbranched alkanes of at least 4 members (excludes halogenated alkanes) is 1. The third kappa shape index (κ3) is 6.56. The first-order chi connectivity index (χ1) is 17.8. The number of carbonyl (C=O) groups excluding carboxylic acids is 1. The van der Waals surface area contributed by atoms with Crippen LogP contribution in [-0.2, 0) is 14.8 Å². The smallest absolute Gasteiger partial charge is 0.260 e. The molecule has 0 unspecified atom stereocenters. The zero-order chi connectivity index (χ0) is 26.4. The predicted octanol–water partition coefficient (Wildman–Crippen LogP) is 4.39. The summed E-state index contributed by atoms with van der Waals surface area (Å²) in [7, 11) is -2.00. The number of aromatic nitrogens is 1. The van der Waals surface area contributed by atoms with E-state index in [-0.39, 0.29) is 10.8 Å². The molecule has 0 radical (unpaired) electrons. The lowest BCUT2D eigenvalue weighted by Crippen LogP contribution is -2.39. The topological polar surface area (TPSA) is 83.1 Å². The molecular weight excluding hydrogens is 508 g/mol. The molecule has 0 atom stereocenters. The highest BCUT2D eigenvalue weighted by Crippen LogP contribution is 2.31. The summed E-state index contributed by atoms with van der Waals surface area (Å²) in [6, 6.07) is 12.3. The Labute approximate surface area is 223 Å². The zero-order valence-corrected chi connectivity index (χ0v) is 23.5. The van der Waals surface area contributed by atoms with E-state index < -0.39 is 10.0 Å². The van der Waals surface area contributed by atoms with Gasteiger partial charge in [0.25, 0.3) is 5.91 Å². The second-order valence-electron chi connectivity index (χ2n) is 9.39. The second kappa shape index (κ2) is 12.4. The number of benzene rings is 2. The maximum atomic E-state index is 13.7. The van der Waals surface area contributed by atoms with Gasteiger partial charge >= 0.3 is 0 Å². The monoisotopic (exact) mass is 544 g/mol. The fraction of sp³-hybridized carbons (Fsp3) is 0.481. The maximum Gasteiger partial charge on any atom is 0.260 e. The van der Waals surface area contributed by atoms with E-state index in [1.54, 1.807) is 24.1 Å². The molecule has 1 amide bonds. The molecule has 0 saturated carbocycles. The Hall–Kier alpha value is -2.37. The number of fused-ring (bicyclic) bond motifs is 1. The molecule has 0 aliphatic carbocycles. The Morgan fingerprint density at radius 2 is 1.81 bits per heavy atom. The number of rotatable bonds is 11. The Bertz CT molecular complexity index is 1300. The summed E-state index contributed by atoms with van der Waals surface area (Å²) in [6.45, 7) is 9.19. The van der Waals surface area contributed by atoms with Crippen LogP contribution >= 0.6 is 11.3 Å². The van der Waals surface area contributed by atoms with Crippen molar-refractivity contribution >= 4 is 42.6 Å². The van der Waals surface area contributed by atoms with Crippen molar-refractivity contribution in [2.24, 2.45) is 0 Å². The highest BCUT2D eigenvalue weighted by molar-refractivity contribution is 7.89. The largest absolute Gasteiger partial charge is 0.379 e. The molecule has 1 saturated heterocycles. The minimum Gasteiger partial charge on any atom is -0.379 e. The van der Waals surface area contributed by atoms with Crippen molar-refractivity contribution in [3.8, 4) is 0 Å². The van der Waals surface area contributed by atoms with Crippen LogP contribution in [0.4, 0.5) is 5.13 Å². The summed E-state index contributed by atoms with van der Waals surface area (Å²) in [4.78, 5) is 22.8. The van der Waals surface area contributed by atoms with Crippen molar-refractivity contribution in [2.45, 2.75) is 38.0 Å². The van der Waals surface area contributed by atoms with Gasteiger partial charge in [-0.05, 0) is 55.7 Å². The van der Waals surface area contributed by atoms with E-state index in [4.69, 9.17) is 9.72 Å². The summed E-state index contributed by atoms with van der Waals surface area (Å²) in [5.74, 6) is -0.179. The minimum atomic E-state index is -3.59. The Morgan fingerprint density at radius 1 is 1.08 bits per heavy atom. The molecule has 200 valence electrons. The Balaban J connectivity index is 1.56. The van der Waals surface area contributed by atoms with Crippen LogP contribution in [0.5, 0.6) is 0 Å². The average Bonchev–Trinajstić information content (AvgIpc) is 3.35. The van der Waals surface area contributed by atoms with Gasteiger partial charge in [0.2, 0.25) is 10.0 Å². The molecule has 0 spiro atoms. The number of morpholine rings is 1. The summed E-state index contributed by atoms with van der Waals surface area (Å²) in [5, 5.41) is 0.660. The van der Waals surface area contributed by atoms with Gasteiger partial charge in [-0.25, -0.2) is 17.7 Å². The fourth-order valence-electron chi connectivity index (χ4n) is 4.36. The van der Waals surface area contributed by atoms with E-state index in [2.05, 4.69) is 4.90 Å². The quantitative estimate of drug-likeness (QED) is 0.356. The molecule has 2 heterocycles. The van der Waals surface area contributed by atoms with Crippen LogP contribution < -0.4 is 4.90 Å².